The van der Waals surface area contributed by atoms with Crippen LogP contribution in [0, 0.1) is 0 Å². The second-order valence-corrected chi connectivity index (χ2v) is 4.26. The highest BCUT2D eigenvalue weighted by Crippen LogP contribution is 2.29. The van der Waals surface area contributed by atoms with Crippen molar-refractivity contribution in [1.82, 2.24) is 4.90 Å². The number of hydrogen-bond donors (Lipinski definition) is 3. The molecule has 0 unspecified atom stereocenters. The Balaban J connectivity index is 2.21. The fourth-order valence-electron chi connectivity index (χ4n) is 1.86. The summed E-state index contributed by atoms with van der Waals surface area (Å²) in [6.45, 7) is 0.910. The van der Waals surface area contributed by atoms with Crippen molar-refractivity contribution < 1.29 is 15.0 Å². The molecule has 0 saturated heterocycles. The van der Waals surface area contributed by atoms with Crippen molar-refractivity contribution in [3.8, 4) is 11.5 Å². The van der Waals surface area contributed by atoms with Gasteiger partial charge in [-0.2, -0.15) is 0 Å². The molecule has 0 bridgehead atoms. The fourth-order valence-corrected chi connectivity index (χ4v) is 1.86. The first-order valence-corrected chi connectivity index (χ1v) is 5.66. The van der Waals surface area contributed by atoms with Gasteiger partial charge in [0.25, 0.3) is 5.91 Å². The third-order valence-electron chi connectivity index (χ3n) is 2.77. The summed E-state index contributed by atoms with van der Waals surface area (Å²) in [6.07, 6.45) is 1.99. The van der Waals surface area contributed by atoms with Crippen LogP contribution in [-0.4, -0.2) is 40.2 Å². The minimum atomic E-state index is -0.191. The predicted octanol–water partition coefficient (Wildman–Crippen LogP) is 0.661. The Kier molecular flexibility index (Phi) is 3.19. The van der Waals surface area contributed by atoms with Gasteiger partial charge in [-0.3, -0.25) is 4.79 Å². The zero-order chi connectivity index (χ0) is 12.4. The molecule has 0 radical (unpaired) electrons. The van der Waals surface area contributed by atoms with E-state index in [2.05, 4.69) is 0 Å². The van der Waals surface area contributed by atoms with E-state index in [9.17, 15) is 15.0 Å². The Hall–Kier alpha value is -1.75. The first kappa shape index (κ1) is 11.7. The van der Waals surface area contributed by atoms with Crippen LogP contribution in [0.1, 0.15) is 23.2 Å². The van der Waals surface area contributed by atoms with Gasteiger partial charge >= 0.3 is 0 Å². The standard InChI is InChI=1S/C12H16N2O3/c13-3-4-14(9-1-2-9)12(17)8-5-10(15)7-11(16)6-8/h5-7,9,15-16H,1-4,13H2. The molecule has 1 amide bonds. The summed E-state index contributed by atoms with van der Waals surface area (Å²) in [5.74, 6) is -0.419. The second-order valence-electron chi connectivity index (χ2n) is 4.26. The topological polar surface area (TPSA) is 86.8 Å². The highest BCUT2D eigenvalue weighted by Gasteiger charge is 2.32. The molecule has 1 aliphatic carbocycles. The summed E-state index contributed by atoms with van der Waals surface area (Å²) in [5.41, 5.74) is 5.77. The van der Waals surface area contributed by atoms with Gasteiger partial charge in [0.15, 0.2) is 0 Å². The molecule has 0 aromatic heterocycles. The van der Waals surface area contributed by atoms with Crippen LogP contribution < -0.4 is 5.73 Å². The largest absolute Gasteiger partial charge is 0.508 e. The maximum atomic E-state index is 12.2. The van der Waals surface area contributed by atoms with Gasteiger partial charge in [-0.05, 0) is 25.0 Å². The molecule has 1 aromatic carbocycles. The van der Waals surface area contributed by atoms with E-state index in [1.54, 1.807) is 4.90 Å². The minimum Gasteiger partial charge on any atom is -0.508 e. The van der Waals surface area contributed by atoms with Crippen molar-refractivity contribution in [1.29, 1.82) is 0 Å². The third-order valence-corrected chi connectivity index (χ3v) is 2.77. The Morgan fingerprint density at radius 3 is 2.35 bits per heavy atom. The summed E-state index contributed by atoms with van der Waals surface area (Å²) in [6, 6.07) is 4.17. The number of hydrogen-bond acceptors (Lipinski definition) is 4. The van der Waals surface area contributed by atoms with Crippen LogP contribution in [0.2, 0.25) is 0 Å². The number of carbonyl (C=O) groups excluding carboxylic acids is 1. The lowest BCUT2D eigenvalue weighted by atomic mass is 10.1. The van der Waals surface area contributed by atoms with Crippen LogP contribution in [0.4, 0.5) is 0 Å². The van der Waals surface area contributed by atoms with Crippen molar-refractivity contribution in [2.45, 2.75) is 18.9 Å². The van der Waals surface area contributed by atoms with Gasteiger partial charge in [0.1, 0.15) is 11.5 Å². The number of amides is 1. The molecule has 0 spiro atoms. The highest BCUT2D eigenvalue weighted by atomic mass is 16.3. The number of carbonyl (C=O) groups is 1. The molecule has 5 nitrogen and oxygen atoms in total. The van der Waals surface area contributed by atoms with Crippen molar-refractivity contribution in [3.63, 3.8) is 0 Å². The summed E-state index contributed by atoms with van der Waals surface area (Å²) < 4.78 is 0. The molecular weight excluding hydrogens is 220 g/mol. The fraction of sp³-hybridized carbons (Fsp3) is 0.417. The average Bonchev–Trinajstić information content (AvgIpc) is 3.07. The van der Waals surface area contributed by atoms with E-state index in [4.69, 9.17) is 5.73 Å². The van der Waals surface area contributed by atoms with E-state index in [0.717, 1.165) is 12.8 Å². The highest BCUT2D eigenvalue weighted by molar-refractivity contribution is 5.95. The Labute approximate surface area is 99.5 Å². The second kappa shape index (κ2) is 4.63. The van der Waals surface area contributed by atoms with Gasteiger partial charge in [-0.1, -0.05) is 0 Å². The van der Waals surface area contributed by atoms with Crippen LogP contribution in [0.25, 0.3) is 0 Å². The number of rotatable bonds is 4. The first-order valence-electron chi connectivity index (χ1n) is 5.66. The number of aromatic hydroxyl groups is 2. The van der Waals surface area contributed by atoms with Gasteiger partial charge in [-0.25, -0.2) is 0 Å². The quantitative estimate of drug-likeness (QED) is 0.716. The molecule has 17 heavy (non-hydrogen) atoms. The van der Waals surface area contributed by atoms with Crippen LogP contribution in [-0.2, 0) is 0 Å². The average molecular weight is 236 g/mol. The third kappa shape index (κ3) is 2.68. The SMILES string of the molecule is NCCN(C(=O)c1cc(O)cc(O)c1)C1CC1. The van der Waals surface area contributed by atoms with Gasteiger partial charge in [0.05, 0.1) is 0 Å². The molecule has 1 aliphatic rings. The molecule has 1 saturated carbocycles. The summed E-state index contributed by atoms with van der Waals surface area (Å²) in [5, 5.41) is 18.7. The van der Waals surface area contributed by atoms with Gasteiger partial charge in [0, 0.05) is 30.8 Å². The molecule has 1 fully saturated rings. The lowest BCUT2D eigenvalue weighted by Gasteiger charge is -2.21. The van der Waals surface area contributed by atoms with E-state index in [-0.39, 0.29) is 23.4 Å². The predicted molar refractivity (Wildman–Crippen MR) is 62.9 cm³/mol. The lowest BCUT2D eigenvalue weighted by Crippen LogP contribution is -2.37. The summed E-state index contributed by atoms with van der Waals surface area (Å²) in [4.78, 5) is 13.9. The van der Waals surface area contributed by atoms with Crippen molar-refractivity contribution in [2.75, 3.05) is 13.1 Å². The molecular formula is C12H16N2O3. The van der Waals surface area contributed by atoms with Crippen molar-refractivity contribution >= 4 is 5.91 Å². The molecule has 0 aliphatic heterocycles. The molecule has 5 heteroatoms. The van der Waals surface area contributed by atoms with Crippen molar-refractivity contribution in [2.24, 2.45) is 5.73 Å². The van der Waals surface area contributed by atoms with Gasteiger partial charge in [-0.15, -0.1) is 0 Å². The molecule has 4 N–H and O–H groups in total. The first-order chi connectivity index (χ1) is 8.11. The van der Waals surface area contributed by atoms with Gasteiger partial charge in [0.2, 0.25) is 0 Å². The van der Waals surface area contributed by atoms with Crippen LogP contribution in [0.15, 0.2) is 18.2 Å². The monoisotopic (exact) mass is 236 g/mol. The Morgan fingerprint density at radius 1 is 1.29 bits per heavy atom. The van der Waals surface area contributed by atoms with E-state index in [1.807, 2.05) is 0 Å². The number of benzene rings is 1. The van der Waals surface area contributed by atoms with E-state index in [0.29, 0.717) is 18.7 Å². The number of nitrogens with two attached hydrogens (primary N) is 1. The number of nitrogens with zero attached hydrogens (tertiary/aromatic N) is 1. The van der Waals surface area contributed by atoms with Gasteiger partial charge < -0.3 is 20.8 Å². The maximum Gasteiger partial charge on any atom is 0.254 e. The molecule has 2 rings (SSSR count). The lowest BCUT2D eigenvalue weighted by molar-refractivity contribution is 0.0747. The van der Waals surface area contributed by atoms with Crippen LogP contribution in [0.3, 0.4) is 0 Å². The normalized spacial score (nSPS) is 14.6. The maximum absolute atomic E-state index is 12.2. The molecule has 0 heterocycles. The van der Waals surface area contributed by atoms with Crippen LogP contribution in [0.5, 0.6) is 11.5 Å². The summed E-state index contributed by atoms with van der Waals surface area (Å²) in [7, 11) is 0. The Morgan fingerprint density at radius 2 is 1.88 bits per heavy atom. The van der Waals surface area contributed by atoms with Crippen LogP contribution >= 0.6 is 0 Å². The van der Waals surface area contributed by atoms with E-state index >= 15 is 0 Å². The zero-order valence-corrected chi connectivity index (χ0v) is 9.47. The molecule has 0 atom stereocenters. The smallest absolute Gasteiger partial charge is 0.254 e. The molecule has 92 valence electrons. The summed E-state index contributed by atoms with van der Waals surface area (Å²) >= 11 is 0. The van der Waals surface area contributed by atoms with E-state index in [1.165, 1.54) is 18.2 Å². The molecule has 1 aromatic rings. The zero-order valence-electron chi connectivity index (χ0n) is 9.47. The van der Waals surface area contributed by atoms with E-state index < -0.39 is 0 Å². The number of phenolic OH excluding ortho intramolecular Hbond substituents is 2. The Bertz CT molecular complexity index is 410. The number of phenols is 2. The van der Waals surface area contributed by atoms with Crippen molar-refractivity contribution in [3.05, 3.63) is 23.8 Å². The minimum absolute atomic E-state index is 0.114.